The molecule has 0 saturated carbocycles. The summed E-state index contributed by atoms with van der Waals surface area (Å²) >= 11 is 0. The standard InChI is InChI=1S/C20H32N2O/c1-14(2)12-22(20(23)15(3)4)13-18-10-21-11-19(18)17-8-6-16(5)7-9-17/h6-9,14-15,18-19,21H,10-13H2,1-5H3. The van der Waals surface area contributed by atoms with Gasteiger partial charge in [-0.1, -0.05) is 57.5 Å². The first-order valence-corrected chi connectivity index (χ1v) is 8.94. The fraction of sp³-hybridized carbons (Fsp3) is 0.650. The van der Waals surface area contributed by atoms with Crippen molar-refractivity contribution in [2.24, 2.45) is 17.8 Å². The third kappa shape index (κ3) is 4.81. The molecule has 2 rings (SSSR count). The number of benzene rings is 1. The molecule has 23 heavy (non-hydrogen) atoms. The fourth-order valence-electron chi connectivity index (χ4n) is 3.47. The summed E-state index contributed by atoms with van der Waals surface area (Å²) in [5, 5.41) is 3.52. The second kappa shape index (κ2) is 7.96. The van der Waals surface area contributed by atoms with E-state index in [1.165, 1.54) is 11.1 Å². The molecular weight excluding hydrogens is 284 g/mol. The summed E-state index contributed by atoms with van der Waals surface area (Å²) in [5.41, 5.74) is 2.69. The predicted octanol–water partition coefficient (Wildman–Crippen LogP) is 3.44. The van der Waals surface area contributed by atoms with Gasteiger partial charge in [-0.2, -0.15) is 0 Å². The van der Waals surface area contributed by atoms with Crippen molar-refractivity contribution in [1.82, 2.24) is 10.2 Å². The Kier molecular flexibility index (Phi) is 6.23. The van der Waals surface area contributed by atoms with Gasteiger partial charge in [0, 0.05) is 38.0 Å². The van der Waals surface area contributed by atoms with Crippen molar-refractivity contribution >= 4 is 5.91 Å². The van der Waals surface area contributed by atoms with Crippen LogP contribution in [0.4, 0.5) is 0 Å². The molecule has 1 heterocycles. The number of hydrogen-bond donors (Lipinski definition) is 1. The van der Waals surface area contributed by atoms with Gasteiger partial charge in [0.05, 0.1) is 0 Å². The van der Waals surface area contributed by atoms with Gasteiger partial charge in [0.25, 0.3) is 0 Å². The van der Waals surface area contributed by atoms with E-state index in [0.29, 0.717) is 17.8 Å². The molecule has 1 fully saturated rings. The van der Waals surface area contributed by atoms with Crippen molar-refractivity contribution in [3.05, 3.63) is 35.4 Å². The van der Waals surface area contributed by atoms with Crippen molar-refractivity contribution in [1.29, 1.82) is 0 Å². The normalized spacial score (nSPS) is 21.2. The number of nitrogens with zero attached hydrogens (tertiary/aromatic N) is 1. The highest BCUT2D eigenvalue weighted by Gasteiger charge is 2.31. The van der Waals surface area contributed by atoms with E-state index in [1.807, 2.05) is 13.8 Å². The van der Waals surface area contributed by atoms with Crippen molar-refractivity contribution < 1.29 is 4.79 Å². The van der Waals surface area contributed by atoms with Gasteiger partial charge < -0.3 is 10.2 Å². The third-order valence-electron chi connectivity index (χ3n) is 4.69. The lowest BCUT2D eigenvalue weighted by molar-refractivity contribution is -0.135. The maximum atomic E-state index is 12.6. The Morgan fingerprint density at radius 1 is 1.17 bits per heavy atom. The van der Waals surface area contributed by atoms with Gasteiger partial charge in [-0.3, -0.25) is 4.79 Å². The van der Waals surface area contributed by atoms with Crippen LogP contribution < -0.4 is 5.32 Å². The average Bonchev–Trinajstić information content (AvgIpc) is 2.94. The Labute approximate surface area is 141 Å². The molecular formula is C20H32N2O. The molecule has 0 spiro atoms. The van der Waals surface area contributed by atoms with E-state index < -0.39 is 0 Å². The Morgan fingerprint density at radius 2 is 1.83 bits per heavy atom. The highest BCUT2D eigenvalue weighted by atomic mass is 16.2. The van der Waals surface area contributed by atoms with Crippen LogP contribution in [0.15, 0.2) is 24.3 Å². The summed E-state index contributed by atoms with van der Waals surface area (Å²) in [4.78, 5) is 14.7. The van der Waals surface area contributed by atoms with Gasteiger partial charge in [0.15, 0.2) is 0 Å². The molecule has 1 aromatic rings. The number of carbonyl (C=O) groups is 1. The van der Waals surface area contributed by atoms with Crippen LogP contribution in [-0.4, -0.2) is 37.0 Å². The van der Waals surface area contributed by atoms with E-state index in [9.17, 15) is 4.79 Å². The van der Waals surface area contributed by atoms with Crippen LogP contribution in [0.5, 0.6) is 0 Å². The second-order valence-corrected chi connectivity index (χ2v) is 7.73. The molecule has 0 aliphatic carbocycles. The Hall–Kier alpha value is -1.35. The first kappa shape index (κ1) is 18.0. The zero-order chi connectivity index (χ0) is 17.0. The third-order valence-corrected chi connectivity index (χ3v) is 4.69. The smallest absolute Gasteiger partial charge is 0.225 e. The van der Waals surface area contributed by atoms with Crippen molar-refractivity contribution in [3.8, 4) is 0 Å². The molecule has 0 aromatic heterocycles. The SMILES string of the molecule is Cc1ccc(C2CNCC2CN(CC(C)C)C(=O)C(C)C)cc1. The molecule has 0 bridgehead atoms. The van der Waals surface area contributed by atoms with E-state index in [1.54, 1.807) is 0 Å². The molecule has 3 heteroatoms. The van der Waals surface area contributed by atoms with Gasteiger partial charge in [-0.25, -0.2) is 0 Å². The summed E-state index contributed by atoms with van der Waals surface area (Å²) in [7, 11) is 0. The van der Waals surface area contributed by atoms with Crippen LogP contribution in [0, 0.1) is 24.7 Å². The molecule has 0 radical (unpaired) electrons. The number of hydrogen-bond acceptors (Lipinski definition) is 2. The number of amides is 1. The lowest BCUT2D eigenvalue weighted by Crippen LogP contribution is -2.41. The highest BCUT2D eigenvalue weighted by Crippen LogP contribution is 2.29. The highest BCUT2D eigenvalue weighted by molar-refractivity contribution is 5.78. The Balaban J connectivity index is 2.11. The van der Waals surface area contributed by atoms with Gasteiger partial charge in [-0.15, -0.1) is 0 Å². The van der Waals surface area contributed by atoms with E-state index >= 15 is 0 Å². The zero-order valence-electron chi connectivity index (χ0n) is 15.3. The second-order valence-electron chi connectivity index (χ2n) is 7.73. The van der Waals surface area contributed by atoms with E-state index in [0.717, 1.165) is 26.2 Å². The van der Waals surface area contributed by atoms with Gasteiger partial charge in [0.1, 0.15) is 0 Å². The van der Waals surface area contributed by atoms with E-state index in [-0.39, 0.29) is 11.8 Å². The van der Waals surface area contributed by atoms with Crippen LogP contribution in [0.3, 0.4) is 0 Å². The van der Waals surface area contributed by atoms with Crippen molar-refractivity contribution in [2.45, 2.75) is 40.5 Å². The monoisotopic (exact) mass is 316 g/mol. The number of nitrogens with one attached hydrogen (secondary N) is 1. The molecule has 1 amide bonds. The van der Waals surface area contributed by atoms with Gasteiger partial charge >= 0.3 is 0 Å². The van der Waals surface area contributed by atoms with E-state index in [2.05, 4.69) is 55.3 Å². The fourth-order valence-corrected chi connectivity index (χ4v) is 3.47. The summed E-state index contributed by atoms with van der Waals surface area (Å²) in [6.07, 6.45) is 0. The van der Waals surface area contributed by atoms with Crippen LogP contribution in [0.25, 0.3) is 0 Å². The number of rotatable bonds is 6. The van der Waals surface area contributed by atoms with Crippen molar-refractivity contribution in [3.63, 3.8) is 0 Å². The first-order valence-electron chi connectivity index (χ1n) is 8.94. The quantitative estimate of drug-likeness (QED) is 0.872. The summed E-state index contributed by atoms with van der Waals surface area (Å²) in [5.74, 6) is 1.86. The molecule has 1 aromatic carbocycles. The topological polar surface area (TPSA) is 32.3 Å². The molecule has 1 aliphatic heterocycles. The minimum atomic E-state index is 0.0703. The molecule has 1 N–H and O–H groups in total. The summed E-state index contributed by atoms with van der Waals surface area (Å²) in [6, 6.07) is 8.87. The van der Waals surface area contributed by atoms with Gasteiger partial charge in [0.2, 0.25) is 5.91 Å². The minimum Gasteiger partial charge on any atom is -0.342 e. The molecule has 1 saturated heterocycles. The first-order chi connectivity index (χ1) is 10.9. The molecule has 128 valence electrons. The van der Waals surface area contributed by atoms with Crippen LogP contribution >= 0.6 is 0 Å². The molecule has 3 nitrogen and oxygen atoms in total. The number of aryl methyl sites for hydroxylation is 1. The Morgan fingerprint density at radius 3 is 2.39 bits per heavy atom. The minimum absolute atomic E-state index is 0.0703. The van der Waals surface area contributed by atoms with Crippen LogP contribution in [0.1, 0.15) is 44.7 Å². The molecule has 2 atom stereocenters. The lowest BCUT2D eigenvalue weighted by Gasteiger charge is -2.31. The summed E-state index contributed by atoms with van der Waals surface area (Å²) < 4.78 is 0. The molecule has 2 unspecified atom stereocenters. The number of carbonyl (C=O) groups excluding carboxylic acids is 1. The average molecular weight is 316 g/mol. The largest absolute Gasteiger partial charge is 0.342 e. The van der Waals surface area contributed by atoms with Crippen molar-refractivity contribution in [2.75, 3.05) is 26.2 Å². The van der Waals surface area contributed by atoms with E-state index in [4.69, 9.17) is 0 Å². The van der Waals surface area contributed by atoms with Gasteiger partial charge in [-0.05, 0) is 24.3 Å². The molecule has 1 aliphatic rings. The maximum absolute atomic E-state index is 12.6. The maximum Gasteiger partial charge on any atom is 0.225 e. The summed E-state index contributed by atoms with van der Waals surface area (Å²) in [6.45, 7) is 14.2. The van der Waals surface area contributed by atoms with Crippen LogP contribution in [0.2, 0.25) is 0 Å². The zero-order valence-corrected chi connectivity index (χ0v) is 15.3. The Bertz CT molecular complexity index is 507. The lowest BCUT2D eigenvalue weighted by atomic mass is 9.88. The van der Waals surface area contributed by atoms with Crippen LogP contribution in [-0.2, 0) is 4.79 Å². The predicted molar refractivity (Wildman–Crippen MR) is 96.5 cm³/mol.